The van der Waals surface area contributed by atoms with E-state index in [4.69, 9.17) is 22.1 Å². The van der Waals surface area contributed by atoms with Gasteiger partial charge in [-0.3, -0.25) is 4.79 Å². The molecule has 2 aromatic rings. The second kappa shape index (κ2) is 3.46. The maximum Gasteiger partial charge on any atom is 0.225 e. The van der Waals surface area contributed by atoms with Crippen LogP contribution in [0.4, 0.5) is 0 Å². The van der Waals surface area contributed by atoms with Crippen LogP contribution in [0.5, 0.6) is 0 Å². The number of halogens is 1. The second-order valence-corrected chi connectivity index (χ2v) is 5.44. The molecule has 2 N–H and O–H groups in total. The molecule has 0 aromatic carbocycles. The van der Waals surface area contributed by atoms with Gasteiger partial charge in [0.2, 0.25) is 5.91 Å². The van der Waals surface area contributed by atoms with Gasteiger partial charge in [-0.15, -0.1) is 0 Å². The third-order valence-corrected chi connectivity index (χ3v) is 4.24. The van der Waals surface area contributed by atoms with Gasteiger partial charge in [-0.05, 0) is 6.42 Å². The molecule has 19 heavy (non-hydrogen) atoms. The van der Waals surface area contributed by atoms with Crippen molar-refractivity contribution >= 4 is 23.2 Å². The summed E-state index contributed by atoms with van der Waals surface area (Å²) < 4.78 is 7.44. The monoisotopic (exact) mass is 278 g/mol. The lowest BCUT2D eigenvalue weighted by atomic mass is 9.90. The van der Waals surface area contributed by atoms with Crippen LogP contribution in [0.15, 0.2) is 12.3 Å². The molecular formula is C12H11ClN4O2. The smallest absolute Gasteiger partial charge is 0.225 e. The molecule has 2 aromatic heterocycles. The van der Waals surface area contributed by atoms with Crippen molar-refractivity contribution in [1.82, 2.24) is 14.6 Å². The van der Waals surface area contributed by atoms with Crippen LogP contribution in [0.1, 0.15) is 30.0 Å². The van der Waals surface area contributed by atoms with E-state index in [1.54, 1.807) is 16.8 Å². The number of primary amides is 1. The fraction of sp³-hybridized carbons (Fsp3) is 0.417. The van der Waals surface area contributed by atoms with E-state index in [2.05, 4.69) is 10.1 Å². The third kappa shape index (κ3) is 1.33. The van der Waals surface area contributed by atoms with Crippen molar-refractivity contribution in [1.29, 1.82) is 0 Å². The van der Waals surface area contributed by atoms with E-state index >= 15 is 0 Å². The minimum absolute atomic E-state index is 0.354. The Bertz CT molecular complexity index is 707. The van der Waals surface area contributed by atoms with E-state index in [1.165, 1.54) is 0 Å². The van der Waals surface area contributed by atoms with Gasteiger partial charge in [-0.25, -0.2) is 9.50 Å². The molecule has 1 saturated heterocycles. The van der Waals surface area contributed by atoms with Crippen molar-refractivity contribution in [3.8, 4) is 0 Å². The van der Waals surface area contributed by atoms with Crippen LogP contribution >= 0.6 is 11.6 Å². The van der Waals surface area contributed by atoms with Crippen LogP contribution in [0, 0.1) is 0 Å². The molecule has 6 nitrogen and oxygen atoms in total. The van der Waals surface area contributed by atoms with Gasteiger partial charge in [0.05, 0.1) is 18.2 Å². The highest BCUT2D eigenvalue weighted by Gasteiger charge is 2.53. The molecule has 1 aliphatic heterocycles. The summed E-state index contributed by atoms with van der Waals surface area (Å²) in [6.45, 7) is 0.684. The Hall–Kier alpha value is -1.66. The highest BCUT2D eigenvalue weighted by molar-refractivity contribution is 6.29. The second-order valence-electron chi connectivity index (χ2n) is 5.05. The van der Waals surface area contributed by atoms with E-state index in [0.29, 0.717) is 23.8 Å². The maximum absolute atomic E-state index is 11.6. The van der Waals surface area contributed by atoms with Crippen molar-refractivity contribution in [2.45, 2.75) is 24.4 Å². The minimum atomic E-state index is -0.453. The number of nitrogens with two attached hydrogens (primary N) is 1. The lowest BCUT2D eigenvalue weighted by Gasteiger charge is -2.39. The molecule has 0 saturated carbocycles. The molecule has 4 rings (SSSR count). The van der Waals surface area contributed by atoms with E-state index in [1.807, 2.05) is 0 Å². The molecule has 1 aliphatic carbocycles. The minimum Gasteiger partial charge on any atom is -0.369 e. The van der Waals surface area contributed by atoms with Crippen molar-refractivity contribution in [3.05, 3.63) is 28.7 Å². The van der Waals surface area contributed by atoms with Gasteiger partial charge in [0.15, 0.2) is 10.8 Å². The summed E-state index contributed by atoms with van der Waals surface area (Å²) in [5.74, 6) is -0.719. The molecule has 1 spiro atoms. The topological polar surface area (TPSA) is 82.5 Å². The molecule has 2 atom stereocenters. The molecule has 0 radical (unpaired) electrons. The van der Waals surface area contributed by atoms with Gasteiger partial charge < -0.3 is 10.5 Å². The summed E-state index contributed by atoms with van der Waals surface area (Å²) in [5, 5.41) is 4.62. The maximum atomic E-state index is 11.6. The van der Waals surface area contributed by atoms with Gasteiger partial charge >= 0.3 is 0 Å². The van der Waals surface area contributed by atoms with Crippen molar-refractivity contribution < 1.29 is 9.53 Å². The Morgan fingerprint density at radius 1 is 1.63 bits per heavy atom. The number of ether oxygens (including phenoxy) is 1. The standard InChI is InChI=1S/C12H11ClN4O2/c13-8-3-9-15-5-7-6(11(14)18)4-12(1-2-19-12)10(7)17(9)16-8/h3,5-6H,1-2,4H2,(H2,14,18). The molecule has 2 unspecified atom stereocenters. The average molecular weight is 279 g/mol. The predicted octanol–water partition coefficient (Wildman–Crippen LogP) is 0.971. The number of hydrogen-bond donors (Lipinski definition) is 1. The normalized spacial score (nSPS) is 28.6. The van der Waals surface area contributed by atoms with E-state index < -0.39 is 5.60 Å². The van der Waals surface area contributed by atoms with E-state index in [9.17, 15) is 4.79 Å². The molecule has 2 aliphatic rings. The van der Waals surface area contributed by atoms with E-state index in [-0.39, 0.29) is 11.8 Å². The number of amides is 1. The predicted molar refractivity (Wildman–Crippen MR) is 66.8 cm³/mol. The zero-order valence-corrected chi connectivity index (χ0v) is 10.7. The van der Waals surface area contributed by atoms with Crippen molar-refractivity contribution in [3.63, 3.8) is 0 Å². The first-order valence-electron chi connectivity index (χ1n) is 6.09. The molecule has 3 heterocycles. The van der Waals surface area contributed by atoms with Crippen LogP contribution < -0.4 is 5.73 Å². The summed E-state index contributed by atoms with van der Waals surface area (Å²) in [5.41, 5.74) is 7.37. The Kier molecular flexibility index (Phi) is 2.04. The molecule has 1 amide bonds. The first kappa shape index (κ1) is 11.2. The number of nitrogens with zero attached hydrogens (tertiary/aromatic N) is 3. The highest BCUT2D eigenvalue weighted by atomic mass is 35.5. The fourth-order valence-corrected chi connectivity index (χ4v) is 3.29. The zero-order valence-electron chi connectivity index (χ0n) is 9.97. The van der Waals surface area contributed by atoms with Crippen LogP contribution in [0.25, 0.3) is 5.65 Å². The number of rotatable bonds is 1. The zero-order chi connectivity index (χ0) is 13.2. The van der Waals surface area contributed by atoms with Crippen LogP contribution in [0.2, 0.25) is 5.15 Å². The van der Waals surface area contributed by atoms with Crippen molar-refractivity contribution in [2.24, 2.45) is 5.73 Å². The number of fused-ring (bicyclic) bond motifs is 4. The van der Waals surface area contributed by atoms with E-state index in [0.717, 1.165) is 17.7 Å². The highest BCUT2D eigenvalue weighted by Crippen LogP contribution is 2.52. The number of carbonyl (C=O) groups is 1. The molecule has 98 valence electrons. The molecule has 0 bridgehead atoms. The molecule has 7 heteroatoms. The first-order chi connectivity index (χ1) is 9.11. The summed E-state index contributed by atoms with van der Waals surface area (Å²) >= 11 is 5.93. The summed E-state index contributed by atoms with van der Waals surface area (Å²) in [7, 11) is 0. The first-order valence-corrected chi connectivity index (χ1v) is 6.46. The fourth-order valence-electron chi connectivity index (χ4n) is 3.12. The number of aromatic nitrogens is 3. The van der Waals surface area contributed by atoms with Gasteiger partial charge in [-0.2, -0.15) is 5.10 Å². The van der Waals surface area contributed by atoms with Crippen molar-refractivity contribution in [2.75, 3.05) is 6.61 Å². The molecular weight excluding hydrogens is 268 g/mol. The molecule has 1 fully saturated rings. The van der Waals surface area contributed by atoms with Crippen LogP contribution in [-0.4, -0.2) is 27.1 Å². The average Bonchev–Trinajstić information content (AvgIpc) is 2.83. The summed E-state index contributed by atoms with van der Waals surface area (Å²) in [6, 6.07) is 1.69. The quantitative estimate of drug-likeness (QED) is 0.843. The third-order valence-electron chi connectivity index (χ3n) is 4.05. The lowest BCUT2D eigenvalue weighted by molar-refractivity contribution is -0.159. The Balaban J connectivity index is 2.03. The SMILES string of the molecule is NC(=O)C1CC2(CCO2)c2c1cnc1cc(Cl)nn21. The van der Waals surface area contributed by atoms with Gasteiger partial charge in [0.25, 0.3) is 0 Å². The Morgan fingerprint density at radius 2 is 2.42 bits per heavy atom. The Morgan fingerprint density at radius 3 is 3.05 bits per heavy atom. The van der Waals surface area contributed by atoms with Crippen LogP contribution in [0.3, 0.4) is 0 Å². The van der Waals surface area contributed by atoms with Gasteiger partial charge in [-0.1, -0.05) is 11.6 Å². The number of carbonyl (C=O) groups excluding carboxylic acids is 1. The van der Waals surface area contributed by atoms with Gasteiger partial charge in [0.1, 0.15) is 5.60 Å². The van der Waals surface area contributed by atoms with Crippen LogP contribution in [-0.2, 0) is 15.1 Å². The summed E-state index contributed by atoms with van der Waals surface area (Å²) in [4.78, 5) is 15.9. The van der Waals surface area contributed by atoms with Gasteiger partial charge in [0, 0.05) is 24.2 Å². The lowest BCUT2D eigenvalue weighted by Crippen LogP contribution is -2.40. The number of hydrogen-bond acceptors (Lipinski definition) is 4. The summed E-state index contributed by atoms with van der Waals surface area (Å²) in [6.07, 6.45) is 3.12. The Labute approximate surface area is 113 Å². The largest absolute Gasteiger partial charge is 0.369 e.